The van der Waals surface area contributed by atoms with Gasteiger partial charge >= 0.3 is 5.97 Å². The highest BCUT2D eigenvalue weighted by Gasteiger charge is 2.16. The highest BCUT2D eigenvalue weighted by Crippen LogP contribution is 2.33. The smallest absolute Gasteiger partial charge is 0.341 e. The summed E-state index contributed by atoms with van der Waals surface area (Å²) in [7, 11) is 0. The molecule has 0 aromatic heterocycles. The van der Waals surface area contributed by atoms with Crippen molar-refractivity contribution in [3.05, 3.63) is 82.4 Å². The van der Waals surface area contributed by atoms with E-state index in [1.807, 2.05) is 6.92 Å². The minimum Gasteiger partial charge on any atom is -0.490 e. The molecule has 0 saturated heterocycles. The van der Waals surface area contributed by atoms with Crippen LogP contribution in [0.1, 0.15) is 41.3 Å². The number of halogens is 1. The Morgan fingerprint density at radius 3 is 2.51 bits per heavy atom. The molecule has 0 heterocycles. The molecule has 3 aromatic rings. The number of amides is 1. The van der Waals surface area contributed by atoms with Crippen LogP contribution in [0.15, 0.2) is 60.7 Å². The molecule has 3 rings (SSSR count). The number of carboxylic acid groups (broad SMARTS) is 1. The van der Waals surface area contributed by atoms with Crippen molar-refractivity contribution in [1.29, 1.82) is 5.41 Å². The van der Waals surface area contributed by atoms with E-state index in [4.69, 9.17) is 37.3 Å². The van der Waals surface area contributed by atoms with E-state index in [-0.39, 0.29) is 18.3 Å². The number of ether oxygens (including phenoxy) is 2. The average molecular weight is 525 g/mol. The van der Waals surface area contributed by atoms with E-state index in [1.54, 1.807) is 60.7 Å². The maximum absolute atomic E-state index is 13.1. The van der Waals surface area contributed by atoms with Crippen molar-refractivity contribution in [3.8, 4) is 11.5 Å². The van der Waals surface area contributed by atoms with Crippen molar-refractivity contribution in [2.24, 2.45) is 5.73 Å². The number of amidine groups is 1. The zero-order chi connectivity index (χ0) is 26.8. The number of nitrogens with two attached hydrogens (primary N) is 1. The maximum Gasteiger partial charge on any atom is 0.341 e. The normalized spacial score (nSPS) is 10.4. The number of nitrogen functional groups attached to an aromatic ring is 1. The van der Waals surface area contributed by atoms with Gasteiger partial charge in [0.05, 0.1) is 12.2 Å². The largest absolute Gasteiger partial charge is 0.490 e. The van der Waals surface area contributed by atoms with Gasteiger partial charge in [0.25, 0.3) is 5.91 Å². The summed E-state index contributed by atoms with van der Waals surface area (Å²) in [6.45, 7) is 2.24. The van der Waals surface area contributed by atoms with E-state index in [9.17, 15) is 9.59 Å². The van der Waals surface area contributed by atoms with Gasteiger partial charge in [0, 0.05) is 34.1 Å². The van der Waals surface area contributed by atoms with Crippen LogP contribution in [-0.2, 0) is 11.3 Å². The van der Waals surface area contributed by atoms with Crippen LogP contribution in [0, 0.1) is 5.41 Å². The molecule has 0 aliphatic rings. The quantitative estimate of drug-likeness (QED) is 0.118. The molecule has 0 atom stereocenters. The number of carboxylic acids is 1. The number of hydrogen-bond acceptors (Lipinski definition) is 6. The van der Waals surface area contributed by atoms with E-state index in [0.717, 1.165) is 12.8 Å². The van der Waals surface area contributed by atoms with Crippen molar-refractivity contribution >= 4 is 40.7 Å². The molecule has 0 aliphatic heterocycles. The zero-order valence-corrected chi connectivity index (χ0v) is 21.1. The lowest BCUT2D eigenvalue weighted by atomic mass is 10.1. The fraction of sp³-hybridized carbons (Fsp3) is 0.222. The van der Waals surface area contributed by atoms with Crippen LogP contribution in [0.5, 0.6) is 11.5 Å². The van der Waals surface area contributed by atoms with Crippen molar-refractivity contribution in [2.75, 3.05) is 23.8 Å². The SMILES string of the molecule is CCCCOc1cccc(CNc2ccc(Cl)cc2C(=O)Nc2ccc(C(=N)N)cc2)c1OCC(=O)O. The minimum absolute atomic E-state index is 0.0641. The van der Waals surface area contributed by atoms with Crippen molar-refractivity contribution < 1.29 is 24.2 Å². The molecule has 1 amide bonds. The van der Waals surface area contributed by atoms with Crippen molar-refractivity contribution in [1.82, 2.24) is 0 Å². The van der Waals surface area contributed by atoms with E-state index in [1.165, 1.54) is 0 Å². The van der Waals surface area contributed by atoms with Gasteiger partial charge in [-0.1, -0.05) is 37.1 Å². The maximum atomic E-state index is 13.1. The molecule has 0 spiro atoms. The number of benzene rings is 3. The molecule has 9 nitrogen and oxygen atoms in total. The van der Waals surface area contributed by atoms with Gasteiger partial charge in [0.2, 0.25) is 0 Å². The van der Waals surface area contributed by atoms with Crippen LogP contribution in [-0.4, -0.2) is 36.0 Å². The Labute approximate surface area is 220 Å². The van der Waals surface area contributed by atoms with Gasteiger partial charge in [-0.2, -0.15) is 0 Å². The third kappa shape index (κ3) is 7.88. The number of rotatable bonds is 13. The molecular weight excluding hydrogens is 496 g/mol. The number of nitrogens with one attached hydrogen (secondary N) is 3. The summed E-state index contributed by atoms with van der Waals surface area (Å²) in [6, 6.07) is 16.8. The first-order chi connectivity index (χ1) is 17.8. The van der Waals surface area contributed by atoms with Gasteiger partial charge in [-0.3, -0.25) is 10.2 Å². The van der Waals surface area contributed by atoms with Gasteiger partial charge in [0.15, 0.2) is 18.1 Å². The van der Waals surface area contributed by atoms with Gasteiger partial charge in [-0.15, -0.1) is 0 Å². The Morgan fingerprint density at radius 2 is 1.84 bits per heavy atom. The molecule has 37 heavy (non-hydrogen) atoms. The molecular formula is C27H29ClN4O5. The first kappa shape index (κ1) is 27.3. The molecule has 0 unspecified atom stereocenters. The second-order valence-electron chi connectivity index (χ2n) is 8.12. The highest BCUT2D eigenvalue weighted by molar-refractivity contribution is 6.31. The van der Waals surface area contributed by atoms with Crippen LogP contribution in [0.4, 0.5) is 11.4 Å². The van der Waals surface area contributed by atoms with Crippen LogP contribution < -0.4 is 25.8 Å². The lowest BCUT2D eigenvalue weighted by Gasteiger charge is -2.17. The lowest BCUT2D eigenvalue weighted by Crippen LogP contribution is -2.16. The summed E-state index contributed by atoms with van der Waals surface area (Å²) in [5.74, 6) is -0.767. The number of aliphatic carboxylic acids is 1. The molecule has 3 aromatic carbocycles. The molecule has 0 saturated carbocycles. The number of carbonyl (C=O) groups is 2. The summed E-state index contributed by atoms with van der Waals surface area (Å²) in [6.07, 6.45) is 1.80. The van der Waals surface area contributed by atoms with Gasteiger partial charge < -0.3 is 30.9 Å². The van der Waals surface area contributed by atoms with E-state index < -0.39 is 12.6 Å². The Morgan fingerprint density at radius 1 is 1.08 bits per heavy atom. The average Bonchev–Trinajstić information content (AvgIpc) is 2.87. The summed E-state index contributed by atoms with van der Waals surface area (Å²) in [5.41, 5.74) is 8.05. The zero-order valence-electron chi connectivity index (χ0n) is 20.3. The number of unbranched alkanes of at least 4 members (excludes halogenated alkanes) is 1. The molecule has 0 aliphatic carbocycles. The molecule has 0 radical (unpaired) electrons. The molecule has 6 N–H and O–H groups in total. The molecule has 10 heteroatoms. The van der Waals surface area contributed by atoms with Crippen LogP contribution in [0.2, 0.25) is 5.02 Å². The van der Waals surface area contributed by atoms with Crippen LogP contribution in [0.25, 0.3) is 0 Å². The fourth-order valence-electron chi connectivity index (χ4n) is 3.42. The Balaban J connectivity index is 1.81. The predicted molar refractivity (Wildman–Crippen MR) is 144 cm³/mol. The van der Waals surface area contributed by atoms with Crippen molar-refractivity contribution in [2.45, 2.75) is 26.3 Å². The van der Waals surface area contributed by atoms with Gasteiger partial charge in [-0.05, 0) is 55.0 Å². The lowest BCUT2D eigenvalue weighted by molar-refractivity contribution is -0.139. The topological polar surface area (TPSA) is 147 Å². The van der Waals surface area contributed by atoms with E-state index in [2.05, 4.69) is 10.6 Å². The first-order valence-electron chi connectivity index (χ1n) is 11.7. The number of anilines is 2. The summed E-state index contributed by atoms with van der Waals surface area (Å²) in [5, 5.41) is 23.0. The van der Waals surface area contributed by atoms with Gasteiger partial charge in [-0.25, -0.2) is 4.79 Å². The Kier molecular flexibility index (Phi) is 9.74. The second-order valence-corrected chi connectivity index (χ2v) is 8.55. The number of hydrogen-bond donors (Lipinski definition) is 5. The Bertz CT molecular complexity index is 1260. The highest BCUT2D eigenvalue weighted by atomic mass is 35.5. The van der Waals surface area contributed by atoms with Crippen molar-refractivity contribution in [3.63, 3.8) is 0 Å². The molecule has 0 bridgehead atoms. The van der Waals surface area contributed by atoms with Gasteiger partial charge in [0.1, 0.15) is 5.84 Å². The summed E-state index contributed by atoms with van der Waals surface area (Å²) < 4.78 is 11.4. The monoisotopic (exact) mass is 524 g/mol. The Hall–Kier alpha value is -4.24. The number of para-hydroxylation sites is 1. The van der Waals surface area contributed by atoms with Crippen LogP contribution in [0.3, 0.4) is 0 Å². The fourth-order valence-corrected chi connectivity index (χ4v) is 3.59. The third-order valence-corrected chi connectivity index (χ3v) is 5.54. The first-order valence-corrected chi connectivity index (χ1v) is 12.0. The molecule has 0 fully saturated rings. The van der Waals surface area contributed by atoms with Crippen LogP contribution >= 0.6 is 11.6 Å². The summed E-state index contributed by atoms with van der Waals surface area (Å²) in [4.78, 5) is 24.2. The number of carbonyl (C=O) groups excluding carboxylic acids is 1. The van der Waals surface area contributed by atoms with E-state index >= 15 is 0 Å². The third-order valence-electron chi connectivity index (χ3n) is 5.31. The summed E-state index contributed by atoms with van der Waals surface area (Å²) >= 11 is 6.18. The second kappa shape index (κ2) is 13.2. The predicted octanol–water partition coefficient (Wildman–Crippen LogP) is 5.13. The standard InChI is InChI=1S/C27H29ClN4O5/c1-2-3-13-36-23-6-4-5-18(25(23)37-16-24(33)34)15-31-22-12-9-19(28)14-21(22)27(35)32-20-10-7-17(8-11-20)26(29)30/h4-12,14,31H,2-3,13,15-16H2,1H3,(H3,29,30)(H,32,35)(H,33,34). The minimum atomic E-state index is -1.10. The van der Waals surface area contributed by atoms with E-state index in [0.29, 0.717) is 51.2 Å². The molecule has 194 valence electrons.